The van der Waals surface area contributed by atoms with Crippen LogP contribution in [0.4, 0.5) is 10.1 Å². The number of anilines is 1. The Balaban J connectivity index is 1.36. The Hall–Kier alpha value is -3.04. The van der Waals surface area contributed by atoms with Crippen LogP contribution < -0.4 is 15.0 Å². The zero-order valence-corrected chi connectivity index (χ0v) is 24.6. The van der Waals surface area contributed by atoms with Gasteiger partial charge in [-0.1, -0.05) is 18.0 Å². The van der Waals surface area contributed by atoms with Gasteiger partial charge in [0.25, 0.3) is 5.91 Å². The number of pyridine rings is 1. The number of halogens is 2. The summed E-state index contributed by atoms with van der Waals surface area (Å²) in [5, 5.41) is 3.18. The summed E-state index contributed by atoms with van der Waals surface area (Å²) in [4.78, 5) is 39.4. The summed E-state index contributed by atoms with van der Waals surface area (Å²) >= 11 is 6.00. The summed E-state index contributed by atoms with van der Waals surface area (Å²) in [5.74, 6) is 0.0727. The first kappa shape index (κ1) is 29.5. The van der Waals surface area contributed by atoms with E-state index < -0.39 is 11.7 Å². The van der Waals surface area contributed by atoms with E-state index in [-0.39, 0.29) is 34.5 Å². The zero-order valence-electron chi connectivity index (χ0n) is 23.9. The van der Waals surface area contributed by atoms with Gasteiger partial charge in [0, 0.05) is 59.4 Å². The average molecular weight is 584 g/mol. The first-order chi connectivity index (χ1) is 19.8. The second kappa shape index (κ2) is 13.3. The van der Waals surface area contributed by atoms with Gasteiger partial charge in [0.2, 0.25) is 11.8 Å². The molecule has 1 saturated heterocycles. The van der Waals surface area contributed by atoms with Gasteiger partial charge in [0.1, 0.15) is 18.3 Å². The smallest absolute Gasteiger partial charge is 0.278 e. The van der Waals surface area contributed by atoms with Crippen molar-refractivity contribution in [3.05, 3.63) is 52.4 Å². The van der Waals surface area contributed by atoms with Crippen molar-refractivity contribution in [2.24, 2.45) is 10.9 Å². The molecule has 0 atom stereocenters. The van der Waals surface area contributed by atoms with Crippen molar-refractivity contribution < 1.29 is 18.7 Å². The van der Waals surface area contributed by atoms with Gasteiger partial charge < -0.3 is 15.0 Å². The number of hydrogen-bond donors (Lipinski definition) is 1. The van der Waals surface area contributed by atoms with Crippen LogP contribution in [0, 0.1) is 11.7 Å². The SMILES string of the molecule is CC(C)NC(=O)C1CCC(N2C(=NC(=O)c3cc(F)cc(Cl)c3)Cc3cnc(OCCN4CCCCC4)cc32)CC1. The number of fused-ring (bicyclic) bond motifs is 1. The van der Waals surface area contributed by atoms with Crippen LogP contribution in [0.1, 0.15) is 74.7 Å². The Bertz CT molecular complexity index is 1270. The third-order valence-electron chi connectivity index (χ3n) is 8.13. The molecule has 2 aromatic rings. The molecule has 0 radical (unpaired) electrons. The van der Waals surface area contributed by atoms with Crippen LogP contribution >= 0.6 is 11.6 Å². The van der Waals surface area contributed by atoms with Crippen molar-refractivity contribution in [1.82, 2.24) is 15.2 Å². The minimum Gasteiger partial charge on any atom is -0.476 e. The van der Waals surface area contributed by atoms with Gasteiger partial charge >= 0.3 is 0 Å². The molecular formula is C31H39ClFN5O3. The van der Waals surface area contributed by atoms with E-state index in [2.05, 4.69) is 25.1 Å². The molecule has 1 saturated carbocycles. The molecule has 5 rings (SSSR count). The average Bonchev–Trinajstić information content (AvgIpc) is 3.29. The predicted octanol–water partition coefficient (Wildman–Crippen LogP) is 5.42. The Morgan fingerprint density at radius 3 is 2.59 bits per heavy atom. The minimum atomic E-state index is -0.582. The van der Waals surface area contributed by atoms with Crippen molar-refractivity contribution in [1.29, 1.82) is 0 Å². The molecule has 0 bridgehead atoms. The molecule has 1 aromatic heterocycles. The van der Waals surface area contributed by atoms with Crippen LogP contribution in [0.25, 0.3) is 0 Å². The second-order valence-corrected chi connectivity index (χ2v) is 12.0. The fourth-order valence-electron chi connectivity index (χ4n) is 6.11. The molecule has 1 aliphatic carbocycles. The summed E-state index contributed by atoms with van der Waals surface area (Å²) in [7, 11) is 0. The zero-order chi connectivity index (χ0) is 28.9. The molecule has 2 aliphatic heterocycles. The number of nitrogens with one attached hydrogen (secondary N) is 1. The molecule has 2 fully saturated rings. The maximum Gasteiger partial charge on any atom is 0.278 e. The van der Waals surface area contributed by atoms with Crippen molar-refractivity contribution in [3.8, 4) is 5.88 Å². The van der Waals surface area contributed by atoms with Crippen LogP contribution in [0.15, 0.2) is 35.5 Å². The Morgan fingerprint density at radius 1 is 1.12 bits per heavy atom. The molecule has 41 heavy (non-hydrogen) atoms. The number of benzene rings is 1. The molecule has 220 valence electrons. The lowest BCUT2D eigenvalue weighted by atomic mass is 9.84. The fourth-order valence-corrected chi connectivity index (χ4v) is 6.33. The number of amides is 2. The van der Waals surface area contributed by atoms with E-state index in [0.717, 1.165) is 68.7 Å². The van der Waals surface area contributed by atoms with Gasteiger partial charge in [0.05, 0.1) is 5.69 Å². The third kappa shape index (κ3) is 7.43. The maximum absolute atomic E-state index is 14.0. The number of ether oxygens (including phenoxy) is 1. The number of rotatable bonds is 8. The third-order valence-corrected chi connectivity index (χ3v) is 8.35. The number of aromatic nitrogens is 1. The normalized spacial score (nSPS) is 22.2. The lowest BCUT2D eigenvalue weighted by Crippen LogP contribution is -2.44. The number of hydrogen-bond acceptors (Lipinski definition) is 5. The van der Waals surface area contributed by atoms with E-state index in [0.29, 0.717) is 24.7 Å². The lowest BCUT2D eigenvalue weighted by molar-refractivity contribution is -0.126. The van der Waals surface area contributed by atoms with Crippen molar-refractivity contribution in [2.45, 2.75) is 77.3 Å². The van der Waals surface area contributed by atoms with Crippen LogP contribution in [0.3, 0.4) is 0 Å². The predicted molar refractivity (Wildman–Crippen MR) is 158 cm³/mol. The highest BCUT2D eigenvalue weighted by Crippen LogP contribution is 2.38. The van der Waals surface area contributed by atoms with Gasteiger partial charge in [-0.05, 0) is 83.7 Å². The second-order valence-electron chi connectivity index (χ2n) is 11.6. The van der Waals surface area contributed by atoms with E-state index in [1.54, 1.807) is 6.20 Å². The summed E-state index contributed by atoms with van der Waals surface area (Å²) < 4.78 is 20.0. The molecule has 3 aliphatic rings. The lowest BCUT2D eigenvalue weighted by Gasteiger charge is -2.36. The van der Waals surface area contributed by atoms with Crippen LogP contribution in [0.2, 0.25) is 5.02 Å². The molecular weight excluding hydrogens is 545 g/mol. The van der Waals surface area contributed by atoms with E-state index in [9.17, 15) is 14.0 Å². The highest BCUT2D eigenvalue weighted by molar-refractivity contribution is 6.31. The number of amidine groups is 1. The number of likely N-dealkylation sites (tertiary alicyclic amines) is 1. The Labute approximate surface area is 246 Å². The topological polar surface area (TPSA) is 87.1 Å². The first-order valence-corrected chi connectivity index (χ1v) is 15.2. The Morgan fingerprint density at radius 2 is 1.88 bits per heavy atom. The Kier molecular flexibility index (Phi) is 9.55. The van der Waals surface area contributed by atoms with Gasteiger partial charge in [-0.25, -0.2) is 9.37 Å². The maximum atomic E-state index is 14.0. The van der Waals surface area contributed by atoms with Crippen LogP contribution in [-0.2, 0) is 11.2 Å². The molecule has 0 spiro atoms. The van der Waals surface area contributed by atoms with Crippen molar-refractivity contribution in [3.63, 3.8) is 0 Å². The van der Waals surface area contributed by atoms with Gasteiger partial charge in [-0.3, -0.25) is 14.5 Å². The summed E-state index contributed by atoms with van der Waals surface area (Å²) in [6.45, 7) is 7.57. The first-order valence-electron chi connectivity index (χ1n) is 14.8. The highest BCUT2D eigenvalue weighted by Gasteiger charge is 2.37. The van der Waals surface area contributed by atoms with E-state index in [1.165, 1.54) is 25.3 Å². The molecule has 1 aromatic carbocycles. The number of nitrogens with zero attached hydrogens (tertiary/aromatic N) is 4. The number of aliphatic imine (C=N–C) groups is 1. The molecule has 0 unspecified atom stereocenters. The van der Waals surface area contributed by atoms with Gasteiger partial charge in [-0.15, -0.1) is 0 Å². The molecule has 1 N–H and O–H groups in total. The van der Waals surface area contributed by atoms with Crippen LogP contribution in [-0.4, -0.2) is 65.9 Å². The minimum absolute atomic E-state index is 0.0294. The largest absolute Gasteiger partial charge is 0.476 e. The monoisotopic (exact) mass is 583 g/mol. The van der Waals surface area contributed by atoms with Gasteiger partial charge in [-0.2, -0.15) is 4.99 Å². The van der Waals surface area contributed by atoms with Crippen molar-refractivity contribution >= 4 is 34.9 Å². The highest BCUT2D eigenvalue weighted by atomic mass is 35.5. The number of piperidine rings is 1. The number of carbonyl (C=O) groups excluding carboxylic acids is 2. The fraction of sp³-hybridized carbons (Fsp3) is 0.548. The van der Waals surface area contributed by atoms with Crippen LogP contribution in [0.5, 0.6) is 5.88 Å². The summed E-state index contributed by atoms with van der Waals surface area (Å²) in [6, 6.07) is 5.85. The molecule has 8 nitrogen and oxygen atoms in total. The van der Waals surface area contributed by atoms with E-state index in [1.807, 2.05) is 19.9 Å². The standard InChI is InChI=1S/C31H39ClFN5O3/c1-20(2)35-30(39)21-6-8-26(9-7-21)38-27-18-29(41-13-12-37-10-4-3-5-11-37)34-19-23(27)16-28(38)36-31(40)22-14-24(32)17-25(33)15-22/h14-15,17-21,26H,3-13,16H2,1-2H3,(H,35,39). The summed E-state index contributed by atoms with van der Waals surface area (Å²) in [6.07, 6.45) is 9.05. The molecule has 3 heterocycles. The number of carbonyl (C=O) groups is 2. The summed E-state index contributed by atoms with van der Waals surface area (Å²) in [5.41, 5.74) is 1.98. The quantitative estimate of drug-likeness (QED) is 0.446. The molecule has 10 heteroatoms. The van der Waals surface area contributed by atoms with E-state index >= 15 is 0 Å². The molecule has 2 amide bonds. The van der Waals surface area contributed by atoms with Gasteiger partial charge in [0.15, 0.2) is 0 Å². The van der Waals surface area contributed by atoms with Crippen molar-refractivity contribution in [2.75, 3.05) is 31.1 Å². The van der Waals surface area contributed by atoms with E-state index in [4.69, 9.17) is 16.3 Å².